The van der Waals surface area contributed by atoms with Gasteiger partial charge >= 0.3 is 0 Å². The fourth-order valence-electron chi connectivity index (χ4n) is 1.07. The molecule has 0 fully saturated rings. The molecule has 7 heteroatoms. The van der Waals surface area contributed by atoms with Crippen LogP contribution in [0.5, 0.6) is 0 Å². The summed E-state index contributed by atoms with van der Waals surface area (Å²) in [5.41, 5.74) is -1.41. The van der Waals surface area contributed by atoms with E-state index in [2.05, 4.69) is 5.10 Å². The number of rotatable bonds is 4. The highest BCUT2D eigenvalue weighted by atomic mass is 19.3. The minimum absolute atomic E-state index is 0.424. The first-order chi connectivity index (χ1) is 7.91. The summed E-state index contributed by atoms with van der Waals surface area (Å²) in [6.07, 6.45) is -5.85. The number of aromatic nitrogens is 2. The van der Waals surface area contributed by atoms with Gasteiger partial charge in [-0.05, 0) is 13.0 Å². The molecule has 0 saturated heterocycles. The summed E-state index contributed by atoms with van der Waals surface area (Å²) in [6, 6.07) is 0.609. The van der Waals surface area contributed by atoms with Crippen LogP contribution in [0.1, 0.15) is 45.0 Å². The van der Waals surface area contributed by atoms with Gasteiger partial charge in [0.25, 0.3) is 12.9 Å². The Kier molecular flexibility index (Phi) is 6.45. The molecule has 98 valence electrons. The standard InChI is InChI=1S/C8H8F4N2O.C2H6/c1-4(15)3-14-6(8(11)12)2-5(13-14)7(9)10;1-2/h2,7-8H,3H2,1H3;1-2H3. The lowest BCUT2D eigenvalue weighted by Crippen LogP contribution is -2.11. The fraction of sp³-hybridized carbons (Fsp3) is 0.600. The Bertz CT molecular complexity index is 363. The minimum atomic E-state index is -2.93. The highest BCUT2D eigenvalue weighted by Gasteiger charge is 2.21. The Morgan fingerprint density at radius 1 is 1.29 bits per heavy atom. The maximum Gasteiger partial charge on any atom is 0.282 e. The zero-order chi connectivity index (χ0) is 13.6. The zero-order valence-corrected chi connectivity index (χ0v) is 9.75. The van der Waals surface area contributed by atoms with E-state index < -0.39 is 36.6 Å². The van der Waals surface area contributed by atoms with Gasteiger partial charge in [-0.1, -0.05) is 13.8 Å². The van der Waals surface area contributed by atoms with Crippen LogP contribution in [0, 0.1) is 0 Å². The molecule has 0 N–H and O–H groups in total. The summed E-state index contributed by atoms with van der Waals surface area (Å²) in [6.45, 7) is 4.74. The molecular formula is C10H14F4N2O. The molecule has 0 aromatic carbocycles. The van der Waals surface area contributed by atoms with Crippen LogP contribution in [-0.2, 0) is 11.3 Å². The van der Waals surface area contributed by atoms with Gasteiger partial charge in [-0.2, -0.15) is 5.10 Å². The predicted molar refractivity (Wildman–Crippen MR) is 54.2 cm³/mol. The van der Waals surface area contributed by atoms with Crippen molar-refractivity contribution >= 4 is 5.78 Å². The molecule has 0 bridgehead atoms. The second-order valence-electron chi connectivity index (χ2n) is 2.96. The Hall–Kier alpha value is -1.40. The summed E-state index contributed by atoms with van der Waals surface area (Å²) in [4.78, 5) is 10.7. The smallest absolute Gasteiger partial charge is 0.282 e. The first-order valence-electron chi connectivity index (χ1n) is 5.05. The summed E-state index contributed by atoms with van der Waals surface area (Å²) in [5, 5.41) is 3.24. The zero-order valence-electron chi connectivity index (χ0n) is 9.75. The van der Waals surface area contributed by atoms with Gasteiger partial charge in [0.05, 0.1) is 6.54 Å². The van der Waals surface area contributed by atoms with E-state index in [1.165, 1.54) is 6.92 Å². The van der Waals surface area contributed by atoms with Gasteiger partial charge in [0.1, 0.15) is 11.4 Å². The van der Waals surface area contributed by atoms with E-state index in [-0.39, 0.29) is 0 Å². The topological polar surface area (TPSA) is 34.9 Å². The van der Waals surface area contributed by atoms with Gasteiger partial charge in [-0.3, -0.25) is 9.48 Å². The molecular weight excluding hydrogens is 240 g/mol. The molecule has 17 heavy (non-hydrogen) atoms. The maximum atomic E-state index is 12.3. The third-order valence-electron chi connectivity index (χ3n) is 1.65. The summed E-state index contributed by atoms with van der Waals surface area (Å²) < 4.78 is 49.6. The highest BCUT2D eigenvalue weighted by Crippen LogP contribution is 2.24. The number of carbonyl (C=O) groups excluding carboxylic acids is 1. The average Bonchev–Trinajstić information content (AvgIpc) is 2.64. The SMILES string of the molecule is CC.CC(=O)Cn1nc(C(F)F)cc1C(F)F. The molecule has 0 aliphatic heterocycles. The van der Waals surface area contributed by atoms with Gasteiger partial charge in [0.2, 0.25) is 0 Å². The molecule has 0 amide bonds. The normalized spacial score (nSPS) is 10.4. The van der Waals surface area contributed by atoms with E-state index >= 15 is 0 Å². The lowest BCUT2D eigenvalue weighted by Gasteiger charge is -2.02. The number of hydrogen-bond acceptors (Lipinski definition) is 2. The summed E-state index contributed by atoms with van der Waals surface area (Å²) >= 11 is 0. The number of carbonyl (C=O) groups is 1. The lowest BCUT2D eigenvalue weighted by atomic mass is 10.3. The molecule has 0 radical (unpaired) electrons. The van der Waals surface area contributed by atoms with Crippen molar-refractivity contribution < 1.29 is 22.4 Å². The van der Waals surface area contributed by atoms with Crippen molar-refractivity contribution in [2.75, 3.05) is 0 Å². The van der Waals surface area contributed by atoms with Crippen LogP contribution in [-0.4, -0.2) is 15.6 Å². The number of hydrogen-bond donors (Lipinski definition) is 0. The van der Waals surface area contributed by atoms with Crippen molar-refractivity contribution in [2.45, 2.75) is 40.2 Å². The molecule has 0 aliphatic rings. The van der Waals surface area contributed by atoms with Crippen LogP contribution in [0.25, 0.3) is 0 Å². The first-order valence-corrected chi connectivity index (χ1v) is 5.05. The van der Waals surface area contributed by atoms with Crippen LogP contribution in [0.4, 0.5) is 17.6 Å². The van der Waals surface area contributed by atoms with Gasteiger partial charge in [-0.25, -0.2) is 17.6 Å². The van der Waals surface area contributed by atoms with Crippen LogP contribution in [0.2, 0.25) is 0 Å². The van der Waals surface area contributed by atoms with Crippen molar-refractivity contribution in [1.29, 1.82) is 0 Å². The van der Waals surface area contributed by atoms with Crippen molar-refractivity contribution in [1.82, 2.24) is 9.78 Å². The van der Waals surface area contributed by atoms with Crippen LogP contribution in [0.15, 0.2) is 6.07 Å². The van der Waals surface area contributed by atoms with Crippen LogP contribution >= 0.6 is 0 Å². The minimum Gasteiger partial charge on any atom is -0.298 e. The van der Waals surface area contributed by atoms with Crippen molar-refractivity contribution in [2.24, 2.45) is 0 Å². The molecule has 0 saturated carbocycles. The van der Waals surface area contributed by atoms with Crippen molar-refractivity contribution in [3.63, 3.8) is 0 Å². The van der Waals surface area contributed by atoms with E-state index in [4.69, 9.17) is 0 Å². The average molecular weight is 254 g/mol. The number of nitrogens with zero attached hydrogens (tertiary/aromatic N) is 2. The van der Waals surface area contributed by atoms with Gasteiger partial charge in [-0.15, -0.1) is 0 Å². The molecule has 1 rings (SSSR count). The van der Waals surface area contributed by atoms with Gasteiger partial charge in [0, 0.05) is 0 Å². The highest BCUT2D eigenvalue weighted by molar-refractivity contribution is 5.75. The van der Waals surface area contributed by atoms with Crippen molar-refractivity contribution in [3.05, 3.63) is 17.5 Å². The predicted octanol–water partition coefficient (Wildman–Crippen LogP) is 3.37. The maximum absolute atomic E-state index is 12.3. The van der Waals surface area contributed by atoms with E-state index in [0.717, 1.165) is 0 Å². The molecule has 0 atom stereocenters. The fourth-order valence-corrected chi connectivity index (χ4v) is 1.07. The van der Waals surface area contributed by atoms with Gasteiger partial charge < -0.3 is 0 Å². The molecule has 1 heterocycles. The van der Waals surface area contributed by atoms with Crippen LogP contribution in [0.3, 0.4) is 0 Å². The molecule has 3 nitrogen and oxygen atoms in total. The summed E-state index contributed by atoms with van der Waals surface area (Å²) in [7, 11) is 0. The van der Waals surface area contributed by atoms with Gasteiger partial charge in [0.15, 0.2) is 5.78 Å². The Labute approximate surface area is 96.4 Å². The number of halogens is 4. The van der Waals surface area contributed by atoms with E-state index in [0.29, 0.717) is 10.7 Å². The van der Waals surface area contributed by atoms with Crippen molar-refractivity contribution in [3.8, 4) is 0 Å². The Morgan fingerprint density at radius 3 is 2.18 bits per heavy atom. The molecule has 0 unspecified atom stereocenters. The third-order valence-corrected chi connectivity index (χ3v) is 1.65. The van der Waals surface area contributed by atoms with Crippen LogP contribution < -0.4 is 0 Å². The molecule has 0 aliphatic carbocycles. The Morgan fingerprint density at radius 2 is 1.82 bits per heavy atom. The molecule has 1 aromatic heterocycles. The van der Waals surface area contributed by atoms with E-state index in [1.807, 2.05) is 13.8 Å². The largest absolute Gasteiger partial charge is 0.298 e. The van der Waals surface area contributed by atoms with E-state index in [9.17, 15) is 22.4 Å². The number of Topliss-reactive ketones (excluding diaryl/α,β-unsaturated/α-hetero) is 1. The second kappa shape index (κ2) is 7.03. The molecule has 0 spiro atoms. The number of alkyl halides is 4. The third kappa shape index (κ3) is 4.54. The second-order valence-corrected chi connectivity index (χ2v) is 2.96. The number of ketones is 1. The lowest BCUT2D eigenvalue weighted by molar-refractivity contribution is -0.117. The monoisotopic (exact) mass is 254 g/mol. The summed E-state index contributed by atoms with van der Waals surface area (Å²) in [5.74, 6) is -0.430. The Balaban J connectivity index is 0.00000121. The first kappa shape index (κ1) is 15.6. The quantitative estimate of drug-likeness (QED) is 0.772. The molecule has 1 aromatic rings. The van der Waals surface area contributed by atoms with E-state index in [1.54, 1.807) is 0 Å².